The van der Waals surface area contributed by atoms with Crippen LogP contribution in [0, 0.1) is 10.1 Å². The molecule has 0 amide bonds. The summed E-state index contributed by atoms with van der Waals surface area (Å²) in [7, 11) is 1.61. The largest absolute Gasteiger partial charge is 0.500 e. The van der Waals surface area contributed by atoms with Crippen LogP contribution in [-0.4, -0.2) is 29.5 Å². The fourth-order valence-corrected chi connectivity index (χ4v) is 5.04. The second-order valence-corrected chi connectivity index (χ2v) is 9.02. The zero-order valence-corrected chi connectivity index (χ0v) is 20.5. The lowest BCUT2D eigenvalue weighted by Crippen LogP contribution is -2.27. The molecule has 0 saturated heterocycles. The second-order valence-electron chi connectivity index (χ2n) is 9.02. The SMILES string of the molecule is CCOc1cc([C@H]2Nc3ccccc3NC3=C2C(=O)C[C@H](c2ccc(OC)cc2)C3)cc([N+](=O)[O-])c1O. The van der Waals surface area contributed by atoms with Crippen molar-refractivity contribution in [1.29, 1.82) is 0 Å². The molecule has 3 aromatic carbocycles. The van der Waals surface area contributed by atoms with E-state index in [2.05, 4.69) is 10.6 Å². The van der Waals surface area contributed by atoms with E-state index in [0.717, 1.165) is 28.4 Å². The average Bonchev–Trinajstić information content (AvgIpc) is 3.07. The molecule has 9 heteroatoms. The van der Waals surface area contributed by atoms with Crippen molar-refractivity contribution in [3.05, 3.63) is 93.2 Å². The normalized spacial score (nSPS) is 18.6. The number of nitrogens with one attached hydrogen (secondary N) is 2. The maximum Gasteiger partial charge on any atom is 0.315 e. The molecule has 0 aromatic heterocycles. The van der Waals surface area contributed by atoms with Gasteiger partial charge in [-0.1, -0.05) is 24.3 Å². The van der Waals surface area contributed by atoms with E-state index in [4.69, 9.17) is 9.47 Å². The maximum absolute atomic E-state index is 13.7. The van der Waals surface area contributed by atoms with Gasteiger partial charge in [0.05, 0.1) is 36.1 Å². The number of para-hydroxylation sites is 2. The molecule has 5 rings (SSSR count). The van der Waals surface area contributed by atoms with Crippen LogP contribution in [0.15, 0.2) is 71.9 Å². The number of nitro groups is 1. The van der Waals surface area contributed by atoms with Crippen LogP contribution >= 0.6 is 0 Å². The first-order chi connectivity index (χ1) is 17.9. The number of hydrogen-bond donors (Lipinski definition) is 3. The minimum Gasteiger partial charge on any atom is -0.500 e. The first-order valence-corrected chi connectivity index (χ1v) is 12.1. The Morgan fingerprint density at radius 1 is 1.05 bits per heavy atom. The highest BCUT2D eigenvalue weighted by Crippen LogP contribution is 2.47. The number of aromatic hydroxyl groups is 1. The van der Waals surface area contributed by atoms with E-state index in [-0.39, 0.29) is 24.1 Å². The maximum atomic E-state index is 13.7. The van der Waals surface area contributed by atoms with Gasteiger partial charge in [-0.25, -0.2) is 0 Å². The van der Waals surface area contributed by atoms with Gasteiger partial charge in [-0.05, 0) is 60.7 Å². The van der Waals surface area contributed by atoms with Crippen LogP contribution in [0.4, 0.5) is 17.1 Å². The molecule has 2 atom stereocenters. The minimum atomic E-state index is -0.686. The fraction of sp³-hybridized carbons (Fsp3) is 0.250. The van der Waals surface area contributed by atoms with E-state index in [1.165, 1.54) is 6.07 Å². The average molecular weight is 502 g/mol. The molecule has 9 nitrogen and oxygen atoms in total. The minimum absolute atomic E-state index is 0.000471. The molecule has 3 N–H and O–H groups in total. The zero-order valence-electron chi connectivity index (χ0n) is 20.5. The number of ketones is 1. The van der Waals surface area contributed by atoms with Gasteiger partial charge in [-0.15, -0.1) is 0 Å². The Hall–Kier alpha value is -4.53. The van der Waals surface area contributed by atoms with Crippen LogP contribution < -0.4 is 20.1 Å². The van der Waals surface area contributed by atoms with Crippen LogP contribution in [0.5, 0.6) is 17.2 Å². The number of methoxy groups -OCH3 is 1. The molecule has 1 aliphatic heterocycles. The van der Waals surface area contributed by atoms with Gasteiger partial charge >= 0.3 is 5.69 Å². The number of carbonyl (C=O) groups excluding carboxylic acids is 1. The van der Waals surface area contributed by atoms with Gasteiger partial charge in [0, 0.05) is 23.8 Å². The number of hydrogen-bond acceptors (Lipinski definition) is 8. The number of phenolic OH excluding ortho intramolecular Hbond substituents is 1. The Morgan fingerprint density at radius 3 is 2.46 bits per heavy atom. The third-order valence-corrected chi connectivity index (χ3v) is 6.80. The Labute approximate surface area is 213 Å². The van der Waals surface area contributed by atoms with Crippen LogP contribution in [0.3, 0.4) is 0 Å². The number of ether oxygens (including phenoxy) is 2. The molecular weight excluding hydrogens is 474 g/mol. The molecule has 1 aliphatic carbocycles. The number of rotatable bonds is 6. The summed E-state index contributed by atoms with van der Waals surface area (Å²) in [5.74, 6) is 0.111. The lowest BCUT2D eigenvalue weighted by Gasteiger charge is -2.30. The van der Waals surface area contributed by atoms with E-state index >= 15 is 0 Å². The summed E-state index contributed by atoms with van der Waals surface area (Å²) in [4.78, 5) is 24.8. The number of benzene rings is 3. The Bertz CT molecular complexity index is 1400. The van der Waals surface area contributed by atoms with Crippen molar-refractivity contribution in [1.82, 2.24) is 0 Å². The van der Waals surface area contributed by atoms with Gasteiger partial charge < -0.3 is 25.2 Å². The molecule has 3 aromatic rings. The number of anilines is 2. The zero-order chi connectivity index (χ0) is 26.1. The predicted octanol–water partition coefficient (Wildman–Crippen LogP) is 5.69. The predicted molar refractivity (Wildman–Crippen MR) is 139 cm³/mol. The summed E-state index contributed by atoms with van der Waals surface area (Å²) in [6, 6.07) is 17.5. The topological polar surface area (TPSA) is 123 Å². The van der Waals surface area contributed by atoms with Crippen LogP contribution in [0.25, 0.3) is 0 Å². The lowest BCUT2D eigenvalue weighted by atomic mass is 9.78. The molecular formula is C28H27N3O6. The number of allylic oxidation sites excluding steroid dienone is 1. The van der Waals surface area contributed by atoms with Crippen molar-refractivity contribution in [2.75, 3.05) is 24.4 Å². The summed E-state index contributed by atoms with van der Waals surface area (Å²) >= 11 is 0. The van der Waals surface area contributed by atoms with Crippen molar-refractivity contribution < 1.29 is 24.3 Å². The van der Waals surface area contributed by atoms with Crippen molar-refractivity contribution in [3.8, 4) is 17.2 Å². The van der Waals surface area contributed by atoms with Crippen LogP contribution in [0.2, 0.25) is 0 Å². The van der Waals surface area contributed by atoms with Gasteiger partial charge in [-0.2, -0.15) is 0 Å². The highest BCUT2D eigenvalue weighted by Gasteiger charge is 2.37. The molecule has 0 spiro atoms. The van der Waals surface area contributed by atoms with Gasteiger partial charge in [0.25, 0.3) is 0 Å². The number of carbonyl (C=O) groups is 1. The van der Waals surface area contributed by atoms with Crippen molar-refractivity contribution >= 4 is 22.8 Å². The highest BCUT2D eigenvalue weighted by molar-refractivity contribution is 6.01. The molecule has 0 radical (unpaired) electrons. The summed E-state index contributed by atoms with van der Waals surface area (Å²) in [5, 5.41) is 29.0. The van der Waals surface area contributed by atoms with E-state index in [1.807, 2.05) is 48.5 Å². The molecule has 1 heterocycles. The van der Waals surface area contributed by atoms with E-state index in [0.29, 0.717) is 24.0 Å². The van der Waals surface area contributed by atoms with Gasteiger partial charge in [0.1, 0.15) is 5.75 Å². The Morgan fingerprint density at radius 2 is 1.78 bits per heavy atom. The quantitative estimate of drug-likeness (QED) is 0.291. The number of nitrogens with zero attached hydrogens (tertiary/aromatic N) is 1. The summed E-state index contributed by atoms with van der Waals surface area (Å²) in [6.45, 7) is 1.94. The highest BCUT2D eigenvalue weighted by atomic mass is 16.6. The molecule has 190 valence electrons. The smallest absolute Gasteiger partial charge is 0.315 e. The van der Waals surface area contributed by atoms with Crippen molar-refractivity contribution in [3.63, 3.8) is 0 Å². The van der Waals surface area contributed by atoms with Gasteiger partial charge in [0.2, 0.25) is 5.75 Å². The second kappa shape index (κ2) is 9.85. The Balaban J connectivity index is 1.63. The third-order valence-electron chi connectivity index (χ3n) is 6.80. The first-order valence-electron chi connectivity index (χ1n) is 12.1. The molecule has 2 aliphatic rings. The first kappa shape index (κ1) is 24.2. The molecule has 0 fully saturated rings. The third kappa shape index (κ3) is 4.55. The van der Waals surface area contributed by atoms with Crippen LogP contribution in [0.1, 0.15) is 42.9 Å². The lowest BCUT2D eigenvalue weighted by molar-refractivity contribution is -0.386. The number of nitro benzene ring substituents is 1. The van der Waals surface area contributed by atoms with E-state index in [1.54, 1.807) is 20.1 Å². The summed E-state index contributed by atoms with van der Waals surface area (Å²) in [6.07, 6.45) is 0.873. The Kier molecular flexibility index (Phi) is 6.43. The fourth-order valence-electron chi connectivity index (χ4n) is 5.04. The summed E-state index contributed by atoms with van der Waals surface area (Å²) in [5.41, 5.74) is 3.84. The number of phenols is 1. The van der Waals surface area contributed by atoms with Crippen molar-refractivity contribution in [2.45, 2.75) is 31.7 Å². The molecule has 0 bridgehead atoms. The monoisotopic (exact) mass is 501 g/mol. The van der Waals surface area contributed by atoms with Gasteiger partial charge in [0.15, 0.2) is 11.5 Å². The standard InChI is InChI=1S/C28H27N3O6/c1-3-37-25-15-18(13-23(28(25)33)31(34)35)27-26-22(29-20-6-4-5-7-21(20)30-27)12-17(14-24(26)32)16-8-10-19(36-2)11-9-16/h4-11,13,15,17,27,29-30,33H,3,12,14H2,1-2H3/t17-,27-/m1/s1. The number of Topliss-reactive ketones (excluding diaryl/α,β-unsaturated/α-hetero) is 1. The molecule has 37 heavy (non-hydrogen) atoms. The van der Waals surface area contributed by atoms with E-state index in [9.17, 15) is 20.0 Å². The molecule has 0 saturated carbocycles. The van der Waals surface area contributed by atoms with Crippen LogP contribution in [-0.2, 0) is 4.79 Å². The van der Waals surface area contributed by atoms with Crippen molar-refractivity contribution in [2.24, 2.45) is 0 Å². The van der Waals surface area contributed by atoms with E-state index < -0.39 is 22.4 Å². The summed E-state index contributed by atoms with van der Waals surface area (Å²) < 4.78 is 10.8. The number of fused-ring (bicyclic) bond motifs is 1. The molecule has 0 unspecified atom stereocenters. The van der Waals surface area contributed by atoms with Gasteiger partial charge in [-0.3, -0.25) is 14.9 Å².